The second-order valence-electron chi connectivity index (χ2n) is 8.02. The van der Waals surface area contributed by atoms with Gasteiger partial charge in [-0.1, -0.05) is 55.8 Å². The van der Waals surface area contributed by atoms with Gasteiger partial charge in [0.15, 0.2) is 0 Å². The molecule has 2 heterocycles. The smallest absolute Gasteiger partial charge is 0.251 e. The summed E-state index contributed by atoms with van der Waals surface area (Å²) in [6, 6.07) is 20.3. The highest BCUT2D eigenvalue weighted by Crippen LogP contribution is 2.25. The SMILES string of the molecule is CCN(CC)CCNC(=O)c1ccc(-c2ccc3cnc(-c4cccc(C)c4)n3c2)cc1. The van der Waals surface area contributed by atoms with Gasteiger partial charge in [0.1, 0.15) is 5.82 Å². The van der Waals surface area contributed by atoms with Gasteiger partial charge in [-0.15, -0.1) is 0 Å². The lowest BCUT2D eigenvalue weighted by Crippen LogP contribution is -2.34. The van der Waals surface area contributed by atoms with Crippen molar-refractivity contribution in [3.05, 3.63) is 84.2 Å². The lowest BCUT2D eigenvalue weighted by Gasteiger charge is -2.18. The van der Waals surface area contributed by atoms with E-state index in [0.29, 0.717) is 12.1 Å². The number of amides is 1. The number of hydrogen-bond acceptors (Lipinski definition) is 3. The third kappa shape index (κ3) is 4.73. The predicted octanol–water partition coefficient (Wildman–Crippen LogP) is 5.05. The Morgan fingerprint density at radius 1 is 0.969 bits per heavy atom. The molecule has 4 aromatic rings. The second-order valence-corrected chi connectivity index (χ2v) is 8.02. The Hall–Kier alpha value is -3.44. The Bertz CT molecular complexity index is 1210. The van der Waals surface area contributed by atoms with Crippen molar-refractivity contribution in [2.45, 2.75) is 20.8 Å². The first-order chi connectivity index (χ1) is 15.6. The molecule has 0 aliphatic heterocycles. The Morgan fingerprint density at radius 3 is 2.44 bits per heavy atom. The molecule has 164 valence electrons. The number of likely N-dealkylation sites (N-methyl/N-ethyl adjacent to an activating group) is 1. The number of nitrogens with zero attached hydrogens (tertiary/aromatic N) is 3. The first kappa shape index (κ1) is 21.8. The number of nitrogens with one attached hydrogen (secondary N) is 1. The van der Waals surface area contributed by atoms with Gasteiger partial charge in [0.05, 0.1) is 11.7 Å². The fourth-order valence-electron chi connectivity index (χ4n) is 3.94. The maximum Gasteiger partial charge on any atom is 0.251 e. The number of carbonyl (C=O) groups is 1. The molecule has 4 rings (SSSR count). The van der Waals surface area contributed by atoms with Gasteiger partial charge in [-0.2, -0.15) is 0 Å². The molecule has 0 radical (unpaired) electrons. The molecule has 0 aliphatic rings. The molecule has 0 fully saturated rings. The van der Waals surface area contributed by atoms with Crippen LogP contribution in [0, 0.1) is 6.92 Å². The molecule has 0 unspecified atom stereocenters. The van der Waals surface area contributed by atoms with Gasteiger partial charge >= 0.3 is 0 Å². The molecule has 0 saturated carbocycles. The number of pyridine rings is 1. The van der Waals surface area contributed by atoms with Gasteiger partial charge in [-0.25, -0.2) is 4.98 Å². The summed E-state index contributed by atoms with van der Waals surface area (Å²) in [4.78, 5) is 19.4. The summed E-state index contributed by atoms with van der Waals surface area (Å²) in [7, 11) is 0. The fourth-order valence-corrected chi connectivity index (χ4v) is 3.94. The first-order valence-corrected chi connectivity index (χ1v) is 11.2. The summed E-state index contributed by atoms with van der Waals surface area (Å²) in [5, 5.41) is 3.02. The second kappa shape index (κ2) is 9.79. The summed E-state index contributed by atoms with van der Waals surface area (Å²) in [6.45, 7) is 9.87. The number of imidazole rings is 1. The van der Waals surface area contributed by atoms with E-state index in [1.165, 1.54) is 5.56 Å². The first-order valence-electron chi connectivity index (χ1n) is 11.2. The van der Waals surface area contributed by atoms with Crippen LogP contribution in [0.4, 0.5) is 0 Å². The number of carbonyl (C=O) groups excluding carboxylic acids is 1. The topological polar surface area (TPSA) is 49.6 Å². The van der Waals surface area contributed by atoms with Gasteiger partial charge in [0.25, 0.3) is 5.91 Å². The maximum absolute atomic E-state index is 12.5. The Balaban J connectivity index is 1.52. The van der Waals surface area contributed by atoms with Crippen LogP contribution in [0.3, 0.4) is 0 Å². The van der Waals surface area contributed by atoms with E-state index < -0.39 is 0 Å². The number of fused-ring (bicyclic) bond motifs is 1. The van der Waals surface area contributed by atoms with E-state index in [-0.39, 0.29) is 5.91 Å². The minimum absolute atomic E-state index is 0.0319. The van der Waals surface area contributed by atoms with Crippen molar-refractivity contribution in [3.8, 4) is 22.5 Å². The Labute approximate surface area is 189 Å². The van der Waals surface area contributed by atoms with E-state index in [2.05, 4.69) is 83.0 Å². The molecule has 2 aromatic heterocycles. The normalized spacial score (nSPS) is 11.2. The van der Waals surface area contributed by atoms with E-state index in [1.807, 2.05) is 30.5 Å². The molecular weight excluding hydrogens is 396 g/mol. The number of aryl methyl sites for hydroxylation is 1. The van der Waals surface area contributed by atoms with Crippen molar-refractivity contribution < 1.29 is 4.79 Å². The van der Waals surface area contributed by atoms with Crippen LogP contribution in [-0.2, 0) is 0 Å². The quantitative estimate of drug-likeness (QED) is 0.429. The summed E-state index contributed by atoms with van der Waals surface area (Å²) >= 11 is 0. The molecule has 0 atom stereocenters. The van der Waals surface area contributed by atoms with E-state index in [9.17, 15) is 4.79 Å². The van der Waals surface area contributed by atoms with Crippen LogP contribution in [0.1, 0.15) is 29.8 Å². The van der Waals surface area contributed by atoms with E-state index in [4.69, 9.17) is 0 Å². The standard InChI is InChI=1S/C27H30N4O/c1-4-30(5-2)16-15-28-27(32)22-11-9-21(10-12-22)24-13-14-25-18-29-26(31(25)19-24)23-8-6-7-20(3)17-23/h6-14,17-19H,4-5,15-16H2,1-3H3,(H,28,32). The molecule has 1 N–H and O–H groups in total. The van der Waals surface area contributed by atoms with Gasteiger partial charge in [-0.05, 0) is 55.4 Å². The van der Waals surface area contributed by atoms with Crippen LogP contribution in [0.2, 0.25) is 0 Å². The van der Waals surface area contributed by atoms with Gasteiger partial charge in [0.2, 0.25) is 0 Å². The average molecular weight is 427 g/mol. The molecule has 0 saturated heterocycles. The Morgan fingerprint density at radius 2 is 1.72 bits per heavy atom. The molecule has 5 nitrogen and oxygen atoms in total. The molecule has 0 spiro atoms. The molecule has 1 amide bonds. The number of hydrogen-bond donors (Lipinski definition) is 1. The van der Waals surface area contributed by atoms with E-state index in [0.717, 1.165) is 47.7 Å². The summed E-state index contributed by atoms with van der Waals surface area (Å²) in [5.74, 6) is 0.894. The van der Waals surface area contributed by atoms with Crippen molar-refractivity contribution in [2.75, 3.05) is 26.2 Å². The number of benzene rings is 2. The van der Waals surface area contributed by atoms with Gasteiger partial charge in [0, 0.05) is 30.4 Å². The zero-order chi connectivity index (χ0) is 22.5. The van der Waals surface area contributed by atoms with Gasteiger partial charge in [-0.3, -0.25) is 9.20 Å². The van der Waals surface area contributed by atoms with Crippen LogP contribution >= 0.6 is 0 Å². The summed E-state index contributed by atoms with van der Waals surface area (Å²) in [6.07, 6.45) is 4.01. The Kier molecular flexibility index (Phi) is 6.66. The zero-order valence-electron chi connectivity index (χ0n) is 19.0. The third-order valence-corrected chi connectivity index (χ3v) is 5.89. The molecule has 0 bridgehead atoms. The van der Waals surface area contributed by atoms with Crippen molar-refractivity contribution in [1.29, 1.82) is 0 Å². The average Bonchev–Trinajstić information content (AvgIpc) is 3.25. The zero-order valence-corrected chi connectivity index (χ0v) is 19.0. The largest absolute Gasteiger partial charge is 0.351 e. The van der Waals surface area contributed by atoms with E-state index >= 15 is 0 Å². The monoisotopic (exact) mass is 426 g/mol. The van der Waals surface area contributed by atoms with Crippen molar-refractivity contribution in [2.24, 2.45) is 0 Å². The highest BCUT2D eigenvalue weighted by molar-refractivity contribution is 5.94. The van der Waals surface area contributed by atoms with Crippen molar-refractivity contribution >= 4 is 11.4 Å². The third-order valence-electron chi connectivity index (χ3n) is 5.89. The lowest BCUT2D eigenvalue weighted by molar-refractivity contribution is 0.0949. The van der Waals surface area contributed by atoms with Crippen LogP contribution in [0.5, 0.6) is 0 Å². The van der Waals surface area contributed by atoms with Crippen LogP contribution in [0.25, 0.3) is 28.0 Å². The van der Waals surface area contributed by atoms with Crippen molar-refractivity contribution in [3.63, 3.8) is 0 Å². The highest BCUT2D eigenvalue weighted by Gasteiger charge is 2.10. The van der Waals surface area contributed by atoms with Crippen LogP contribution in [-0.4, -0.2) is 46.4 Å². The highest BCUT2D eigenvalue weighted by atomic mass is 16.1. The molecular formula is C27H30N4O. The predicted molar refractivity (Wildman–Crippen MR) is 131 cm³/mol. The summed E-state index contributed by atoms with van der Waals surface area (Å²) in [5.41, 5.74) is 6.18. The van der Waals surface area contributed by atoms with Crippen molar-refractivity contribution in [1.82, 2.24) is 19.6 Å². The molecule has 2 aromatic carbocycles. The summed E-state index contributed by atoms with van der Waals surface area (Å²) < 4.78 is 2.12. The van der Waals surface area contributed by atoms with Crippen LogP contribution in [0.15, 0.2) is 73.1 Å². The minimum atomic E-state index is -0.0319. The molecule has 5 heteroatoms. The fraction of sp³-hybridized carbons (Fsp3) is 0.259. The minimum Gasteiger partial charge on any atom is -0.351 e. The molecule has 0 aliphatic carbocycles. The lowest BCUT2D eigenvalue weighted by atomic mass is 10.0. The number of aromatic nitrogens is 2. The maximum atomic E-state index is 12.5. The molecule has 32 heavy (non-hydrogen) atoms. The van der Waals surface area contributed by atoms with Crippen LogP contribution < -0.4 is 5.32 Å². The number of rotatable bonds is 8. The van der Waals surface area contributed by atoms with Gasteiger partial charge < -0.3 is 10.2 Å². The van der Waals surface area contributed by atoms with E-state index in [1.54, 1.807) is 0 Å².